The SMILES string of the molecule is O=C(/C=C/c1ccc(O)cc1)C1=C(O)C2=C(OC3[C@@H](O)[C@H](O)C(CO)O[C@@H]23)C(O)(C2OC(CO)C(O)C(O)C2O)C1=O. The summed E-state index contributed by atoms with van der Waals surface area (Å²) in [5.74, 6) is -4.64. The number of benzene rings is 1. The molecule has 42 heavy (non-hydrogen) atoms. The molecule has 11 atom stereocenters. The molecule has 2 fully saturated rings. The lowest BCUT2D eigenvalue weighted by Crippen LogP contribution is -2.68. The minimum Gasteiger partial charge on any atom is -0.508 e. The molecule has 15 nitrogen and oxygen atoms in total. The van der Waals surface area contributed by atoms with E-state index in [2.05, 4.69) is 0 Å². The highest BCUT2D eigenvalue weighted by Crippen LogP contribution is 2.50. The molecule has 10 N–H and O–H groups in total. The van der Waals surface area contributed by atoms with Gasteiger partial charge >= 0.3 is 0 Å². The van der Waals surface area contributed by atoms with E-state index in [0.717, 1.165) is 6.08 Å². The Morgan fingerprint density at radius 3 is 2.07 bits per heavy atom. The lowest BCUT2D eigenvalue weighted by Gasteiger charge is -2.47. The first-order valence-corrected chi connectivity index (χ1v) is 12.9. The summed E-state index contributed by atoms with van der Waals surface area (Å²) >= 11 is 0. The first kappa shape index (κ1) is 30.2. The van der Waals surface area contributed by atoms with Gasteiger partial charge in [0, 0.05) is 0 Å². The van der Waals surface area contributed by atoms with Crippen LogP contribution in [0.25, 0.3) is 6.08 Å². The van der Waals surface area contributed by atoms with E-state index in [-0.39, 0.29) is 5.75 Å². The molecule has 0 amide bonds. The van der Waals surface area contributed by atoms with Crippen molar-refractivity contribution in [2.24, 2.45) is 0 Å². The largest absolute Gasteiger partial charge is 0.508 e. The van der Waals surface area contributed by atoms with Crippen molar-refractivity contribution in [3.05, 3.63) is 58.6 Å². The van der Waals surface area contributed by atoms with Crippen molar-refractivity contribution < 1.29 is 74.9 Å². The Kier molecular flexibility index (Phi) is 8.01. The second-order valence-electron chi connectivity index (χ2n) is 10.4. The average molecular weight is 595 g/mol. The zero-order valence-electron chi connectivity index (χ0n) is 21.7. The number of aliphatic hydroxyl groups excluding tert-OH is 8. The van der Waals surface area contributed by atoms with E-state index in [0.29, 0.717) is 5.56 Å². The minimum atomic E-state index is -3.22. The van der Waals surface area contributed by atoms with Gasteiger partial charge in [-0.1, -0.05) is 18.2 Å². The van der Waals surface area contributed by atoms with Gasteiger partial charge in [-0.2, -0.15) is 0 Å². The Bertz CT molecular complexity index is 1330. The van der Waals surface area contributed by atoms with Crippen LogP contribution in [0, 0.1) is 0 Å². The zero-order valence-corrected chi connectivity index (χ0v) is 21.7. The highest BCUT2D eigenvalue weighted by molar-refractivity contribution is 6.29. The molecular weight excluding hydrogens is 564 g/mol. The normalized spacial score (nSPS) is 40.2. The van der Waals surface area contributed by atoms with Crippen molar-refractivity contribution in [1.82, 2.24) is 0 Å². The topological polar surface area (TPSA) is 264 Å². The molecule has 1 aromatic carbocycles. The van der Waals surface area contributed by atoms with Crippen molar-refractivity contribution in [2.75, 3.05) is 13.2 Å². The van der Waals surface area contributed by atoms with Crippen LogP contribution in [0.3, 0.4) is 0 Å². The molecule has 4 aliphatic rings. The fourth-order valence-electron chi connectivity index (χ4n) is 5.63. The van der Waals surface area contributed by atoms with Gasteiger partial charge in [0.1, 0.15) is 77.8 Å². The molecule has 0 aromatic heterocycles. The molecule has 15 heteroatoms. The Labute approximate surface area is 237 Å². The predicted octanol–water partition coefficient (Wildman–Crippen LogP) is -3.92. The molecule has 0 bridgehead atoms. The molecule has 0 radical (unpaired) electrons. The van der Waals surface area contributed by atoms with Crippen molar-refractivity contribution in [2.45, 2.75) is 66.6 Å². The summed E-state index contributed by atoms with van der Waals surface area (Å²) < 4.78 is 16.7. The molecule has 3 heterocycles. The highest BCUT2D eigenvalue weighted by Gasteiger charge is 2.67. The summed E-state index contributed by atoms with van der Waals surface area (Å²) in [5.41, 5.74) is -4.38. The van der Waals surface area contributed by atoms with Gasteiger partial charge in [-0.3, -0.25) is 9.59 Å². The number of aliphatic hydroxyl groups is 9. The van der Waals surface area contributed by atoms with Gasteiger partial charge in [-0.05, 0) is 23.8 Å². The minimum absolute atomic E-state index is 0.0536. The molecule has 5 rings (SSSR count). The van der Waals surface area contributed by atoms with Crippen LogP contribution in [-0.2, 0) is 23.8 Å². The van der Waals surface area contributed by atoms with Crippen LogP contribution in [0.4, 0.5) is 0 Å². The number of rotatable bonds is 6. The fourth-order valence-corrected chi connectivity index (χ4v) is 5.63. The van der Waals surface area contributed by atoms with Gasteiger partial charge in [0.15, 0.2) is 11.9 Å². The number of hydrogen-bond donors (Lipinski definition) is 10. The lowest BCUT2D eigenvalue weighted by atomic mass is 9.73. The number of allylic oxidation sites excluding steroid dienone is 1. The number of fused-ring (bicyclic) bond motifs is 2. The van der Waals surface area contributed by atoms with E-state index in [4.69, 9.17) is 14.2 Å². The van der Waals surface area contributed by atoms with Gasteiger partial charge in [-0.25, -0.2) is 0 Å². The number of phenolic OH excluding ortho intramolecular Hbond substituents is 1. The molecule has 0 saturated carbocycles. The number of phenols is 1. The van der Waals surface area contributed by atoms with E-state index in [1.165, 1.54) is 30.3 Å². The van der Waals surface area contributed by atoms with Crippen LogP contribution in [-0.4, -0.2) is 142 Å². The maximum atomic E-state index is 13.9. The standard InChI is InChI=1S/C27H30O15/c28-7-12-17(33)20(36)23-22(40-12)15-18(34)14(11(31)6-3-9-1-4-10(30)5-2-9)24(38)27(39,25(15)42-23)26-21(37)19(35)16(32)13(8-29)41-26/h1-6,12-13,16-17,19-23,26,28-30,32-37,39H,7-8H2/b6-3+/t12?,13?,16?,17-,19?,20+,21?,22+,23?,26?,27?/m1/s1. The van der Waals surface area contributed by atoms with Crippen molar-refractivity contribution in [1.29, 1.82) is 0 Å². The summed E-state index contributed by atoms with van der Waals surface area (Å²) in [5, 5.41) is 105. The van der Waals surface area contributed by atoms with Crippen molar-refractivity contribution in [3.8, 4) is 5.75 Å². The van der Waals surface area contributed by atoms with Gasteiger partial charge in [-0.15, -0.1) is 0 Å². The van der Waals surface area contributed by atoms with E-state index in [9.17, 15) is 60.7 Å². The molecule has 1 aromatic rings. The van der Waals surface area contributed by atoms with Crippen LogP contribution in [0.15, 0.2) is 53.0 Å². The fraction of sp³-hybridized carbons (Fsp3) is 0.481. The van der Waals surface area contributed by atoms with Gasteiger partial charge < -0.3 is 65.3 Å². The molecule has 3 aliphatic heterocycles. The van der Waals surface area contributed by atoms with Gasteiger partial charge in [0.25, 0.3) is 0 Å². The van der Waals surface area contributed by atoms with Crippen LogP contribution >= 0.6 is 0 Å². The van der Waals surface area contributed by atoms with Gasteiger partial charge in [0.2, 0.25) is 11.4 Å². The van der Waals surface area contributed by atoms with Gasteiger partial charge in [0.05, 0.1) is 18.8 Å². The molecular formula is C27H30O15. The Balaban J connectivity index is 1.64. The molecule has 228 valence electrons. The van der Waals surface area contributed by atoms with Crippen molar-refractivity contribution in [3.63, 3.8) is 0 Å². The summed E-state index contributed by atoms with van der Waals surface area (Å²) in [7, 11) is 0. The summed E-state index contributed by atoms with van der Waals surface area (Å²) in [6.45, 7) is -1.73. The summed E-state index contributed by atoms with van der Waals surface area (Å²) in [6, 6.07) is 5.53. The average Bonchev–Trinajstić information content (AvgIpc) is 3.37. The number of carbonyl (C=O) groups excluding carboxylic acids is 2. The zero-order chi connectivity index (χ0) is 30.7. The Hall–Kier alpha value is -3.22. The number of carbonyl (C=O) groups is 2. The predicted molar refractivity (Wildman–Crippen MR) is 135 cm³/mol. The Morgan fingerprint density at radius 1 is 0.857 bits per heavy atom. The highest BCUT2D eigenvalue weighted by atomic mass is 16.6. The third kappa shape index (κ3) is 4.55. The number of hydrogen-bond acceptors (Lipinski definition) is 15. The Morgan fingerprint density at radius 2 is 1.45 bits per heavy atom. The number of Topliss-reactive ketones (excluding diaryl/α,β-unsaturated/α-hetero) is 1. The lowest BCUT2D eigenvalue weighted by molar-refractivity contribution is -0.266. The third-order valence-electron chi connectivity index (χ3n) is 7.93. The van der Waals surface area contributed by atoms with Crippen molar-refractivity contribution >= 4 is 17.6 Å². The summed E-state index contributed by atoms with van der Waals surface area (Å²) in [4.78, 5) is 27.3. The summed E-state index contributed by atoms with van der Waals surface area (Å²) in [6.07, 6.45) is -16.0. The first-order valence-electron chi connectivity index (χ1n) is 12.9. The molecule has 0 spiro atoms. The van der Waals surface area contributed by atoms with Crippen LogP contribution < -0.4 is 0 Å². The van der Waals surface area contributed by atoms with E-state index in [1.807, 2.05) is 0 Å². The second-order valence-corrected chi connectivity index (χ2v) is 10.4. The van der Waals surface area contributed by atoms with Crippen LogP contribution in [0.1, 0.15) is 5.56 Å². The van der Waals surface area contributed by atoms with Crippen LogP contribution in [0.5, 0.6) is 5.75 Å². The molecule has 8 unspecified atom stereocenters. The maximum Gasteiger partial charge on any atom is 0.214 e. The monoisotopic (exact) mass is 594 g/mol. The number of aromatic hydroxyl groups is 1. The van der Waals surface area contributed by atoms with E-state index in [1.54, 1.807) is 0 Å². The smallest absolute Gasteiger partial charge is 0.214 e. The second kappa shape index (κ2) is 11.1. The third-order valence-corrected chi connectivity index (χ3v) is 7.93. The number of ether oxygens (including phenoxy) is 3. The van der Waals surface area contributed by atoms with E-state index >= 15 is 0 Å². The maximum absolute atomic E-state index is 13.9. The first-order chi connectivity index (χ1) is 19.9. The van der Waals surface area contributed by atoms with Crippen LogP contribution in [0.2, 0.25) is 0 Å². The van der Waals surface area contributed by atoms with E-state index < -0.39 is 114 Å². The quantitative estimate of drug-likeness (QED) is 0.111. The molecule has 2 saturated heterocycles. The number of ketones is 2. The molecule has 1 aliphatic carbocycles.